The van der Waals surface area contributed by atoms with Gasteiger partial charge >= 0.3 is 6.03 Å². The van der Waals surface area contributed by atoms with Crippen LogP contribution in [0.1, 0.15) is 66.4 Å². The maximum Gasteiger partial charge on any atom is 0.328 e. The number of hydrogen-bond acceptors (Lipinski definition) is 10. The maximum atomic E-state index is 14.3. The van der Waals surface area contributed by atoms with Gasteiger partial charge in [-0.05, 0) is 61.7 Å². The number of alkyl halides is 3. The fraction of sp³-hybridized carbons (Fsp3) is 0.196. The van der Waals surface area contributed by atoms with Crippen molar-refractivity contribution in [2.45, 2.75) is 55.3 Å². The van der Waals surface area contributed by atoms with Crippen LogP contribution in [0.4, 0.5) is 14.9 Å². The van der Waals surface area contributed by atoms with E-state index in [-0.39, 0.29) is 30.3 Å². The van der Waals surface area contributed by atoms with Gasteiger partial charge in [-0.2, -0.15) is 0 Å². The second-order valence-electron chi connectivity index (χ2n) is 14.2. The number of imide groups is 3. The highest BCUT2D eigenvalue weighted by molar-refractivity contribution is 6.74. The fourth-order valence-electron chi connectivity index (χ4n) is 6.83. The van der Waals surface area contributed by atoms with E-state index in [1.54, 1.807) is 18.3 Å². The highest BCUT2D eigenvalue weighted by atomic mass is 35.6. The molecule has 4 aliphatic heterocycles. The Morgan fingerprint density at radius 1 is 0.846 bits per heavy atom. The van der Waals surface area contributed by atoms with Crippen molar-refractivity contribution in [2.75, 3.05) is 5.32 Å². The highest BCUT2D eigenvalue weighted by Gasteiger charge is 2.42. The molecule has 4 aliphatic rings. The molecule has 6 amide bonds. The number of piperidine rings is 1. The Morgan fingerprint density at radius 3 is 2.15 bits per heavy atom. The Hall–Kier alpha value is -6.52. The van der Waals surface area contributed by atoms with Crippen LogP contribution in [0, 0.1) is 12.7 Å². The van der Waals surface area contributed by atoms with Gasteiger partial charge in [0, 0.05) is 52.4 Å². The molecule has 1 atom stereocenters. The third-order valence-electron chi connectivity index (χ3n) is 9.92. The summed E-state index contributed by atoms with van der Waals surface area (Å²) in [4.78, 5) is 76.5. The minimum absolute atomic E-state index is 0.155. The number of barbiturate groups is 1. The predicted molar refractivity (Wildman–Crippen MR) is 249 cm³/mol. The minimum atomic E-state index is -1.72. The molecule has 336 valence electrons. The number of carbonyl (C=O) groups excluding carboxylic acids is 6. The van der Waals surface area contributed by atoms with Crippen LogP contribution in [0.2, 0.25) is 5.02 Å². The topological polar surface area (TPSA) is 193 Å². The van der Waals surface area contributed by atoms with Crippen molar-refractivity contribution in [1.82, 2.24) is 25.5 Å². The Morgan fingerprint density at radius 2 is 1.51 bits per heavy atom. The van der Waals surface area contributed by atoms with Gasteiger partial charge in [-0.25, -0.2) is 14.2 Å². The second-order valence-corrected chi connectivity index (χ2v) is 17.0. The van der Waals surface area contributed by atoms with Crippen LogP contribution >= 0.6 is 46.4 Å². The summed E-state index contributed by atoms with van der Waals surface area (Å²) < 4.78 is 14.6. The lowest BCUT2D eigenvalue weighted by molar-refractivity contribution is -0.138. The summed E-state index contributed by atoms with van der Waals surface area (Å²) in [7, 11) is 0. The molecule has 5 heterocycles. The van der Waals surface area contributed by atoms with Crippen molar-refractivity contribution in [1.29, 1.82) is 0 Å². The maximum absolute atomic E-state index is 14.3. The zero-order valence-corrected chi connectivity index (χ0v) is 37.8. The zero-order valence-electron chi connectivity index (χ0n) is 34.8. The molecule has 2 fully saturated rings. The molecule has 14 nitrogen and oxygen atoms in total. The molecule has 2 saturated heterocycles. The minimum Gasteiger partial charge on any atom is -0.360 e. The van der Waals surface area contributed by atoms with Crippen molar-refractivity contribution in [2.24, 2.45) is 9.98 Å². The van der Waals surface area contributed by atoms with Gasteiger partial charge in [-0.15, -0.1) is 0 Å². The highest BCUT2D eigenvalue weighted by Crippen LogP contribution is 2.35. The molecule has 0 bridgehead atoms. The summed E-state index contributed by atoms with van der Waals surface area (Å²) >= 11 is 20.8. The number of anilines is 1. The molecule has 65 heavy (non-hydrogen) atoms. The monoisotopic (exact) mass is 960 g/mol. The van der Waals surface area contributed by atoms with Crippen LogP contribution in [0.15, 0.2) is 126 Å². The number of aryl methyl sites for hydroxylation is 1. The summed E-state index contributed by atoms with van der Waals surface area (Å²) in [5.41, 5.74) is 6.50. The van der Waals surface area contributed by atoms with Crippen LogP contribution in [0.5, 0.6) is 0 Å². The Kier molecular flexibility index (Phi) is 17.4. The first kappa shape index (κ1) is 49.5. The summed E-state index contributed by atoms with van der Waals surface area (Å²) in [5, 5.41) is 9.95. The van der Waals surface area contributed by atoms with Crippen molar-refractivity contribution in [3.05, 3.63) is 160 Å². The van der Waals surface area contributed by atoms with E-state index in [0.29, 0.717) is 35.7 Å². The van der Waals surface area contributed by atoms with Crippen molar-refractivity contribution in [3.8, 4) is 5.69 Å². The largest absolute Gasteiger partial charge is 0.360 e. The lowest BCUT2D eigenvalue weighted by Crippen LogP contribution is -2.51. The van der Waals surface area contributed by atoms with Gasteiger partial charge in [-0.3, -0.25) is 54.5 Å². The van der Waals surface area contributed by atoms with E-state index in [4.69, 9.17) is 46.4 Å². The number of nitrogens with zero attached hydrogens (tertiary/aromatic N) is 4. The second kappa shape index (κ2) is 22.9. The van der Waals surface area contributed by atoms with Gasteiger partial charge < -0.3 is 5.32 Å². The quantitative estimate of drug-likeness (QED) is 0.0599. The number of hydrogen-bond donors (Lipinski definition) is 4. The molecule has 4 N–H and O–H groups in total. The van der Waals surface area contributed by atoms with Gasteiger partial charge in [0.25, 0.3) is 0 Å². The van der Waals surface area contributed by atoms with Crippen LogP contribution in [-0.2, 0) is 35.9 Å². The predicted octanol–water partition coefficient (Wildman–Crippen LogP) is 8.40. The fourth-order valence-corrected chi connectivity index (χ4v) is 7.00. The van der Waals surface area contributed by atoms with Crippen molar-refractivity contribution >= 4 is 100.0 Å². The van der Waals surface area contributed by atoms with E-state index in [2.05, 4.69) is 25.6 Å². The third kappa shape index (κ3) is 13.5. The molecule has 4 aromatic carbocycles. The van der Waals surface area contributed by atoms with Gasteiger partial charge in [0.05, 0.1) is 35.2 Å². The zero-order chi connectivity index (χ0) is 47.1. The smallest absolute Gasteiger partial charge is 0.328 e. The van der Waals surface area contributed by atoms with Crippen LogP contribution in [-0.4, -0.2) is 61.2 Å². The number of fused-ring (bicyclic) bond motifs is 4. The molecule has 1 aromatic heterocycles. The number of aldehydes is 1. The number of imidazole rings is 1. The molecular formula is C46H41Cl4FN8O6. The number of carbonyl (C=O) groups is 6. The number of aromatic nitrogens is 2. The van der Waals surface area contributed by atoms with Crippen molar-refractivity contribution < 1.29 is 33.2 Å². The first-order valence-electron chi connectivity index (χ1n) is 19.8. The Balaban J connectivity index is 0.000000165. The van der Waals surface area contributed by atoms with E-state index in [1.165, 1.54) is 6.07 Å². The SMILES string of the molecule is C1=CNc2ccccc2C=N1.CCC1(c2ccccc2)CCC(=O)NC1=O.Cc1ncc2n1-c1ccc(Cl)cc1C(c1ccccc1F)=NC2.O=C1CC(=O)NC(=O)N1.O=CC(Cl)(Cl)Cl. The Labute approximate surface area is 393 Å². The summed E-state index contributed by atoms with van der Waals surface area (Å²) in [6.07, 6.45) is 8.93. The van der Waals surface area contributed by atoms with Crippen molar-refractivity contribution in [3.63, 3.8) is 0 Å². The summed E-state index contributed by atoms with van der Waals surface area (Å²) in [6.45, 7) is 4.37. The molecule has 9 rings (SSSR count). The summed E-state index contributed by atoms with van der Waals surface area (Å²) in [5.74, 6) is -0.845. The number of urea groups is 1. The lowest BCUT2D eigenvalue weighted by Gasteiger charge is -2.34. The van der Waals surface area contributed by atoms with E-state index >= 15 is 0 Å². The van der Waals surface area contributed by atoms with Crippen LogP contribution < -0.4 is 21.3 Å². The Bertz CT molecular complexity index is 2620. The van der Waals surface area contributed by atoms with E-state index < -0.39 is 27.1 Å². The number of aliphatic imine (C=N–C) groups is 2. The number of amides is 6. The van der Waals surface area contributed by atoms with E-state index in [1.807, 2.05) is 127 Å². The van der Waals surface area contributed by atoms with Crippen LogP contribution in [0.25, 0.3) is 5.69 Å². The molecule has 1 unspecified atom stereocenters. The molecule has 0 spiro atoms. The molecule has 0 saturated carbocycles. The normalized spacial score (nSPS) is 16.8. The first-order valence-corrected chi connectivity index (χ1v) is 21.3. The number of para-hydroxylation sites is 1. The molecule has 5 aromatic rings. The lowest BCUT2D eigenvalue weighted by atomic mass is 9.72. The molecule has 19 heteroatoms. The van der Waals surface area contributed by atoms with Gasteiger partial charge in [0.1, 0.15) is 18.1 Å². The molecular weight excluding hydrogens is 921 g/mol. The molecule has 0 radical (unpaired) electrons. The first-order chi connectivity index (χ1) is 31.0. The third-order valence-corrected chi connectivity index (χ3v) is 10.4. The summed E-state index contributed by atoms with van der Waals surface area (Å²) in [6, 6.07) is 29.3. The van der Waals surface area contributed by atoms with E-state index in [0.717, 1.165) is 46.0 Å². The van der Waals surface area contributed by atoms with Gasteiger partial charge in [0.2, 0.25) is 27.4 Å². The number of rotatable bonds is 3. The number of benzene rings is 4. The average Bonchev–Trinajstić information content (AvgIpc) is 3.40. The average molecular weight is 963 g/mol. The van der Waals surface area contributed by atoms with Gasteiger partial charge in [0.15, 0.2) is 6.29 Å². The number of halogens is 5. The van der Waals surface area contributed by atoms with Gasteiger partial charge in [-0.1, -0.05) is 114 Å². The van der Waals surface area contributed by atoms with Crippen LogP contribution in [0.3, 0.4) is 0 Å². The number of nitrogens with one attached hydrogen (secondary N) is 4. The van der Waals surface area contributed by atoms with E-state index in [9.17, 15) is 33.2 Å². The standard InChI is InChI=1S/C18H13ClFN3.C13H15NO2.C9H8N2.C4H4N2O3.C2HCl3O/c1-11-21-9-13-10-22-18(14-4-2-3-5-16(14)20)15-8-12(19)6-7-17(15)23(11)13;1-2-13(10-6-4-3-5-7-10)9-8-11(15)14-12(13)16;1-2-4-9-8(3-1)7-10-5-6-11-9;7-2-1-3(8)6-4(9)5-2;3-2(4,5)1-6/h2-9H,10H2,1H3;3-7H,2,8-9H2,1H3,(H,14,15,16);1-7,11H;1H2,(H2,5,6,7,8,9);1H. The molecule has 0 aliphatic carbocycles.